The maximum absolute atomic E-state index is 6.85. The number of nitrogens with zero attached hydrogens (tertiary/aromatic N) is 1. The summed E-state index contributed by atoms with van der Waals surface area (Å²) >= 11 is 0. The van der Waals surface area contributed by atoms with Gasteiger partial charge < -0.3 is 18.2 Å². The minimum Gasteiger partial charge on any atom is -0.456 e. The summed E-state index contributed by atoms with van der Waals surface area (Å²) in [7, 11) is 0. The molecule has 13 aromatic rings. The van der Waals surface area contributed by atoms with Gasteiger partial charge in [0, 0.05) is 44.0 Å². The summed E-state index contributed by atoms with van der Waals surface area (Å²) in [6, 6.07) is 79.3. The highest BCUT2D eigenvalue weighted by Crippen LogP contribution is 2.48. The molecule has 0 unspecified atom stereocenters. The van der Waals surface area contributed by atoms with Crippen molar-refractivity contribution in [1.29, 1.82) is 0 Å². The van der Waals surface area contributed by atoms with E-state index in [4.69, 9.17) is 13.3 Å². The van der Waals surface area contributed by atoms with Crippen LogP contribution in [0.1, 0.15) is 0 Å². The predicted molar refractivity (Wildman–Crippen MR) is 265 cm³/mol. The van der Waals surface area contributed by atoms with Crippen molar-refractivity contribution in [3.8, 4) is 44.5 Å². The topological polar surface area (TPSA) is 42.7 Å². The number of benzene rings is 10. The molecule has 0 aliphatic carbocycles. The van der Waals surface area contributed by atoms with Gasteiger partial charge in [-0.25, -0.2) is 0 Å². The molecule has 0 bridgehead atoms. The highest BCUT2D eigenvalue weighted by atomic mass is 16.3. The zero-order valence-corrected chi connectivity index (χ0v) is 34.5. The van der Waals surface area contributed by atoms with Crippen LogP contribution < -0.4 is 4.90 Å². The van der Waals surface area contributed by atoms with Crippen LogP contribution in [-0.4, -0.2) is 0 Å². The average molecular weight is 820 g/mol. The molecule has 64 heavy (non-hydrogen) atoms. The fourth-order valence-electron chi connectivity index (χ4n) is 9.68. The number of fused-ring (bicyclic) bond motifs is 11. The first-order valence-electron chi connectivity index (χ1n) is 21.6. The Bertz CT molecular complexity index is 3800. The number of furan rings is 3. The summed E-state index contributed by atoms with van der Waals surface area (Å²) in [5, 5.41) is 6.16. The van der Waals surface area contributed by atoms with Gasteiger partial charge in [0.2, 0.25) is 0 Å². The average Bonchev–Trinajstić information content (AvgIpc) is 4.06. The van der Waals surface area contributed by atoms with Crippen molar-refractivity contribution in [3.63, 3.8) is 0 Å². The second-order valence-electron chi connectivity index (χ2n) is 16.4. The normalized spacial score (nSPS) is 11.8. The SMILES string of the molecule is c1ccc(-c2ccc(N(c3ccc(-c4cc5oc6ccc7oc8ccccc8c7c6c5c5oc6ccccc6c45)cc3)c3cc(-c4ccccc4)cc(-c4ccccc4)c3)cc2)cc1. The Kier molecular flexibility index (Phi) is 8.18. The van der Waals surface area contributed by atoms with Gasteiger partial charge in [-0.3, -0.25) is 0 Å². The molecule has 10 aromatic carbocycles. The van der Waals surface area contributed by atoms with Crippen LogP contribution in [0.3, 0.4) is 0 Å². The fraction of sp³-hybridized carbons (Fsp3) is 0. The molecule has 0 saturated carbocycles. The third kappa shape index (κ3) is 5.84. The number of hydrogen-bond acceptors (Lipinski definition) is 4. The molecule has 4 nitrogen and oxygen atoms in total. The van der Waals surface area contributed by atoms with E-state index in [0.29, 0.717) is 0 Å². The third-order valence-corrected chi connectivity index (χ3v) is 12.6. The van der Waals surface area contributed by atoms with Gasteiger partial charge in [0.15, 0.2) is 0 Å². The number of hydrogen-bond donors (Lipinski definition) is 0. The van der Waals surface area contributed by atoms with E-state index in [1.165, 1.54) is 11.1 Å². The minimum absolute atomic E-state index is 0.768. The van der Waals surface area contributed by atoms with Crippen LogP contribution in [0.4, 0.5) is 17.1 Å². The molecule has 3 aromatic heterocycles. The molecular formula is C60H37NO3. The monoisotopic (exact) mass is 819 g/mol. The van der Waals surface area contributed by atoms with Crippen molar-refractivity contribution in [1.82, 2.24) is 0 Å². The molecule has 0 radical (unpaired) electrons. The van der Waals surface area contributed by atoms with Crippen LogP contribution in [0.2, 0.25) is 0 Å². The summed E-state index contributed by atoms with van der Waals surface area (Å²) < 4.78 is 19.9. The smallest absolute Gasteiger partial charge is 0.147 e. The molecular weight excluding hydrogens is 783 g/mol. The Morgan fingerprint density at radius 2 is 0.703 bits per heavy atom. The van der Waals surface area contributed by atoms with Crippen LogP contribution in [0.15, 0.2) is 238 Å². The zero-order valence-electron chi connectivity index (χ0n) is 34.5. The number of rotatable bonds is 7. The summed E-state index contributed by atoms with van der Waals surface area (Å²) in [5.74, 6) is 0. The quantitative estimate of drug-likeness (QED) is 0.161. The largest absolute Gasteiger partial charge is 0.456 e. The Morgan fingerprint density at radius 3 is 1.30 bits per heavy atom. The summed E-state index contributed by atoms with van der Waals surface area (Å²) in [4.78, 5) is 2.36. The lowest BCUT2D eigenvalue weighted by Gasteiger charge is -2.27. The van der Waals surface area contributed by atoms with E-state index in [9.17, 15) is 0 Å². The molecule has 0 fully saturated rings. The molecule has 0 atom stereocenters. The van der Waals surface area contributed by atoms with Crippen molar-refractivity contribution in [3.05, 3.63) is 224 Å². The molecule has 0 N–H and O–H groups in total. The molecule has 0 spiro atoms. The molecule has 13 rings (SSSR count). The predicted octanol–water partition coefficient (Wildman–Crippen LogP) is 17.5. The maximum Gasteiger partial charge on any atom is 0.147 e. The molecule has 0 aliphatic heterocycles. The molecule has 0 saturated heterocycles. The van der Waals surface area contributed by atoms with Gasteiger partial charge in [0.1, 0.15) is 33.5 Å². The van der Waals surface area contributed by atoms with Crippen LogP contribution in [0.5, 0.6) is 0 Å². The van der Waals surface area contributed by atoms with Gasteiger partial charge in [0.25, 0.3) is 0 Å². The van der Waals surface area contributed by atoms with Gasteiger partial charge in [-0.1, -0.05) is 152 Å². The highest BCUT2D eigenvalue weighted by Gasteiger charge is 2.24. The molecule has 300 valence electrons. The van der Waals surface area contributed by atoms with Gasteiger partial charge in [0.05, 0.1) is 5.39 Å². The van der Waals surface area contributed by atoms with E-state index >= 15 is 0 Å². The molecule has 0 amide bonds. The van der Waals surface area contributed by atoms with Gasteiger partial charge in [-0.2, -0.15) is 0 Å². The molecule has 0 aliphatic rings. The van der Waals surface area contributed by atoms with E-state index in [2.05, 4.69) is 193 Å². The van der Waals surface area contributed by atoms with E-state index < -0.39 is 0 Å². The van der Waals surface area contributed by atoms with Crippen molar-refractivity contribution in [2.24, 2.45) is 0 Å². The van der Waals surface area contributed by atoms with Crippen LogP contribution in [0, 0.1) is 0 Å². The first-order valence-corrected chi connectivity index (χ1v) is 21.6. The lowest BCUT2D eigenvalue weighted by Crippen LogP contribution is -2.10. The lowest BCUT2D eigenvalue weighted by molar-refractivity contribution is 0.660. The summed E-state index contributed by atoms with van der Waals surface area (Å²) in [6.07, 6.45) is 0. The summed E-state index contributed by atoms with van der Waals surface area (Å²) in [6.45, 7) is 0. The van der Waals surface area contributed by atoms with Crippen LogP contribution in [0.25, 0.3) is 110 Å². The molecule has 3 heterocycles. The van der Waals surface area contributed by atoms with Crippen molar-refractivity contribution in [2.75, 3.05) is 4.90 Å². The van der Waals surface area contributed by atoms with Crippen molar-refractivity contribution in [2.45, 2.75) is 0 Å². The second-order valence-corrected chi connectivity index (χ2v) is 16.4. The Balaban J connectivity index is 1.01. The number of anilines is 3. The van der Waals surface area contributed by atoms with E-state index in [-0.39, 0.29) is 0 Å². The number of para-hydroxylation sites is 2. The second kappa shape index (κ2) is 14.5. The van der Waals surface area contributed by atoms with E-state index in [0.717, 1.165) is 116 Å². The van der Waals surface area contributed by atoms with Gasteiger partial charge in [-0.05, 0) is 117 Å². The lowest BCUT2D eigenvalue weighted by atomic mass is 9.95. The van der Waals surface area contributed by atoms with E-state index in [1.54, 1.807) is 0 Å². The third-order valence-electron chi connectivity index (χ3n) is 12.6. The first kappa shape index (κ1) is 36.1. The zero-order chi connectivity index (χ0) is 42.1. The molecule has 4 heteroatoms. The minimum atomic E-state index is 0.768. The first-order chi connectivity index (χ1) is 31.7. The van der Waals surface area contributed by atoms with Crippen LogP contribution in [-0.2, 0) is 0 Å². The van der Waals surface area contributed by atoms with Gasteiger partial charge >= 0.3 is 0 Å². The van der Waals surface area contributed by atoms with Gasteiger partial charge in [-0.15, -0.1) is 0 Å². The highest BCUT2D eigenvalue weighted by molar-refractivity contribution is 6.33. The van der Waals surface area contributed by atoms with Crippen LogP contribution >= 0.6 is 0 Å². The Labute approximate surface area is 368 Å². The van der Waals surface area contributed by atoms with Crippen molar-refractivity contribution >= 4 is 82.9 Å². The Hall–Kier alpha value is -8.60. The summed E-state index contributed by atoms with van der Waals surface area (Å²) in [5.41, 5.74) is 17.1. The fourth-order valence-corrected chi connectivity index (χ4v) is 9.68. The Morgan fingerprint density at radius 1 is 0.250 bits per heavy atom. The van der Waals surface area contributed by atoms with E-state index in [1.807, 2.05) is 36.4 Å². The van der Waals surface area contributed by atoms with Crippen molar-refractivity contribution < 1.29 is 13.3 Å². The standard InChI is InChI=1S/C60H37NO3/c1-4-14-38(15-5-1)41-24-28-45(29-25-41)61(47-35-43(39-16-6-2-7-17-39)34-44(36-47)40-18-8-3-9-19-40)46-30-26-42(27-31-46)50-37-55-59(60-56(50)48-20-10-13-23-52(48)64-60)58-54(63-55)33-32-53-57(58)49-21-11-12-22-51(49)62-53/h1-37H. The maximum atomic E-state index is 6.85.